The molecule has 1 aliphatic heterocycles. The lowest BCUT2D eigenvalue weighted by atomic mass is 9.91. The average Bonchev–Trinajstić information content (AvgIpc) is 2.53. The highest BCUT2D eigenvalue weighted by molar-refractivity contribution is 5.77. The molecule has 2 rings (SSSR count). The van der Waals surface area contributed by atoms with Gasteiger partial charge in [0.15, 0.2) is 0 Å². The lowest BCUT2D eigenvalue weighted by molar-refractivity contribution is -0.137. The molecule has 0 spiro atoms. The first-order valence-corrected chi connectivity index (χ1v) is 7.62. The zero-order valence-electron chi connectivity index (χ0n) is 13.0. The smallest absolute Gasteiger partial charge is 0.248 e. The third kappa shape index (κ3) is 4.74. The Balaban J connectivity index is 1.83. The second-order valence-electron chi connectivity index (χ2n) is 5.67. The summed E-state index contributed by atoms with van der Waals surface area (Å²) in [5.41, 5.74) is 1.30. The number of benzene rings is 1. The van der Waals surface area contributed by atoms with Crippen molar-refractivity contribution in [1.29, 1.82) is 0 Å². The lowest BCUT2D eigenvalue weighted by Gasteiger charge is -2.32. The maximum Gasteiger partial charge on any atom is 0.248 e. The van der Waals surface area contributed by atoms with Crippen LogP contribution in [0.2, 0.25) is 0 Å². The number of rotatable bonds is 6. The monoisotopic (exact) mass is 291 g/mol. The Kier molecular flexibility index (Phi) is 6.05. The van der Waals surface area contributed by atoms with Crippen LogP contribution in [-0.4, -0.2) is 44.7 Å². The van der Waals surface area contributed by atoms with Gasteiger partial charge in [-0.2, -0.15) is 0 Å². The largest absolute Gasteiger partial charge is 0.497 e. The van der Waals surface area contributed by atoms with Gasteiger partial charge in [-0.15, -0.1) is 0 Å². The number of likely N-dealkylation sites (tertiary alicyclic amines) is 1. The van der Waals surface area contributed by atoms with E-state index in [9.17, 15) is 4.79 Å². The third-order valence-electron chi connectivity index (χ3n) is 4.11. The van der Waals surface area contributed by atoms with Crippen molar-refractivity contribution in [3.05, 3.63) is 29.8 Å². The van der Waals surface area contributed by atoms with E-state index in [1.807, 2.05) is 17.0 Å². The molecule has 4 nitrogen and oxygen atoms in total. The number of ether oxygens (including phenoxy) is 2. The van der Waals surface area contributed by atoms with E-state index in [-0.39, 0.29) is 12.5 Å². The molecule has 0 aliphatic carbocycles. The minimum atomic E-state index is 0.114. The maximum atomic E-state index is 11.9. The Morgan fingerprint density at radius 1 is 1.38 bits per heavy atom. The first-order valence-electron chi connectivity index (χ1n) is 7.62. The molecule has 1 aromatic carbocycles. The lowest BCUT2D eigenvalue weighted by Crippen LogP contribution is -2.41. The summed E-state index contributed by atoms with van der Waals surface area (Å²) in [6, 6.07) is 8.23. The van der Waals surface area contributed by atoms with Crippen LogP contribution in [0.3, 0.4) is 0 Å². The van der Waals surface area contributed by atoms with Gasteiger partial charge in [0.25, 0.3) is 0 Å². The molecule has 21 heavy (non-hydrogen) atoms. The van der Waals surface area contributed by atoms with Crippen molar-refractivity contribution in [2.24, 2.45) is 5.92 Å². The van der Waals surface area contributed by atoms with Gasteiger partial charge in [-0.25, -0.2) is 0 Å². The van der Waals surface area contributed by atoms with E-state index in [4.69, 9.17) is 9.47 Å². The molecule has 1 saturated heterocycles. The molecule has 1 atom stereocenters. The van der Waals surface area contributed by atoms with Crippen LogP contribution in [0.4, 0.5) is 0 Å². The van der Waals surface area contributed by atoms with Crippen LogP contribution in [0.25, 0.3) is 0 Å². The fourth-order valence-corrected chi connectivity index (χ4v) is 2.94. The molecule has 0 aromatic heterocycles. The summed E-state index contributed by atoms with van der Waals surface area (Å²) in [6.45, 7) is 1.94. The van der Waals surface area contributed by atoms with Crippen LogP contribution in [0.5, 0.6) is 5.75 Å². The van der Waals surface area contributed by atoms with Crippen LogP contribution in [0.1, 0.15) is 24.8 Å². The van der Waals surface area contributed by atoms with E-state index in [1.165, 1.54) is 12.0 Å². The molecule has 1 amide bonds. The summed E-state index contributed by atoms with van der Waals surface area (Å²) < 4.78 is 10.2. The van der Waals surface area contributed by atoms with Gasteiger partial charge in [0.1, 0.15) is 12.4 Å². The number of methoxy groups -OCH3 is 2. The average molecular weight is 291 g/mol. The van der Waals surface area contributed by atoms with Crippen LogP contribution in [0.15, 0.2) is 24.3 Å². The summed E-state index contributed by atoms with van der Waals surface area (Å²) in [5, 5.41) is 0. The fraction of sp³-hybridized carbons (Fsp3) is 0.588. The molecule has 1 aliphatic rings. The van der Waals surface area contributed by atoms with Gasteiger partial charge in [0, 0.05) is 20.2 Å². The van der Waals surface area contributed by atoms with Crippen LogP contribution in [-0.2, 0) is 16.0 Å². The van der Waals surface area contributed by atoms with E-state index < -0.39 is 0 Å². The highest BCUT2D eigenvalue weighted by Gasteiger charge is 2.23. The number of aryl methyl sites for hydroxylation is 1. The Labute approximate surface area is 127 Å². The van der Waals surface area contributed by atoms with Gasteiger partial charge in [-0.1, -0.05) is 12.1 Å². The summed E-state index contributed by atoms with van der Waals surface area (Å²) in [4.78, 5) is 13.8. The Morgan fingerprint density at radius 2 is 2.24 bits per heavy atom. The van der Waals surface area contributed by atoms with E-state index in [2.05, 4.69) is 12.1 Å². The summed E-state index contributed by atoms with van der Waals surface area (Å²) in [7, 11) is 3.27. The Bertz CT molecular complexity index is 461. The molecule has 0 radical (unpaired) electrons. The van der Waals surface area contributed by atoms with E-state index in [0.717, 1.165) is 38.1 Å². The Morgan fingerprint density at radius 3 is 3.00 bits per heavy atom. The van der Waals surface area contributed by atoms with Gasteiger partial charge in [-0.3, -0.25) is 4.79 Å². The molecule has 0 bridgehead atoms. The Hall–Kier alpha value is -1.55. The topological polar surface area (TPSA) is 38.8 Å². The predicted octanol–water partition coefficient (Wildman–Crippen LogP) is 2.51. The summed E-state index contributed by atoms with van der Waals surface area (Å²) >= 11 is 0. The van der Waals surface area contributed by atoms with Crippen molar-refractivity contribution in [3.8, 4) is 5.75 Å². The third-order valence-corrected chi connectivity index (χ3v) is 4.11. The van der Waals surface area contributed by atoms with E-state index in [1.54, 1.807) is 14.2 Å². The minimum Gasteiger partial charge on any atom is -0.497 e. The number of hydrogen-bond donors (Lipinski definition) is 0. The van der Waals surface area contributed by atoms with Gasteiger partial charge in [0.2, 0.25) is 5.91 Å². The quantitative estimate of drug-likeness (QED) is 0.808. The van der Waals surface area contributed by atoms with Gasteiger partial charge >= 0.3 is 0 Å². The number of piperidine rings is 1. The van der Waals surface area contributed by atoms with Crippen LogP contribution >= 0.6 is 0 Å². The van der Waals surface area contributed by atoms with Gasteiger partial charge < -0.3 is 14.4 Å². The second kappa shape index (κ2) is 8.03. The van der Waals surface area contributed by atoms with Gasteiger partial charge in [-0.05, 0) is 49.3 Å². The van der Waals surface area contributed by atoms with Crippen molar-refractivity contribution in [2.45, 2.75) is 25.7 Å². The highest BCUT2D eigenvalue weighted by atomic mass is 16.5. The second-order valence-corrected chi connectivity index (χ2v) is 5.67. The minimum absolute atomic E-state index is 0.114. The summed E-state index contributed by atoms with van der Waals surface area (Å²) in [6.07, 6.45) is 4.46. The predicted molar refractivity (Wildman–Crippen MR) is 82.5 cm³/mol. The number of amides is 1. The molecule has 0 N–H and O–H groups in total. The van der Waals surface area contributed by atoms with Crippen molar-refractivity contribution in [2.75, 3.05) is 33.9 Å². The fourth-order valence-electron chi connectivity index (χ4n) is 2.94. The van der Waals surface area contributed by atoms with Crippen molar-refractivity contribution < 1.29 is 14.3 Å². The number of nitrogens with zero attached hydrogens (tertiary/aromatic N) is 1. The molecule has 4 heteroatoms. The standard InChI is InChI=1S/C17H25NO3/c1-20-13-17(19)18-10-4-6-15(12-18)9-8-14-5-3-7-16(11-14)21-2/h3,5,7,11,15H,4,6,8-10,12-13H2,1-2H3. The number of carbonyl (C=O) groups excluding carboxylic acids is 1. The first-order chi connectivity index (χ1) is 10.2. The molecule has 116 valence electrons. The molecule has 1 unspecified atom stereocenters. The molecule has 0 saturated carbocycles. The number of carbonyl (C=O) groups is 1. The van der Waals surface area contributed by atoms with E-state index >= 15 is 0 Å². The SMILES string of the molecule is COCC(=O)N1CCCC(CCc2cccc(OC)c2)C1. The molecule has 1 heterocycles. The molecule has 1 aromatic rings. The molecule has 1 fully saturated rings. The van der Waals surface area contributed by atoms with Crippen molar-refractivity contribution in [1.82, 2.24) is 4.90 Å². The van der Waals surface area contributed by atoms with Crippen LogP contribution < -0.4 is 4.74 Å². The summed E-state index contributed by atoms with van der Waals surface area (Å²) in [5.74, 6) is 1.61. The first kappa shape index (κ1) is 15.8. The maximum absolute atomic E-state index is 11.9. The highest BCUT2D eigenvalue weighted by Crippen LogP contribution is 2.23. The van der Waals surface area contributed by atoms with E-state index in [0.29, 0.717) is 5.92 Å². The van der Waals surface area contributed by atoms with Crippen molar-refractivity contribution >= 4 is 5.91 Å². The number of hydrogen-bond acceptors (Lipinski definition) is 3. The molecular formula is C17H25NO3. The zero-order chi connectivity index (χ0) is 15.1. The zero-order valence-corrected chi connectivity index (χ0v) is 13.0. The molecular weight excluding hydrogens is 266 g/mol. The normalized spacial score (nSPS) is 18.6. The van der Waals surface area contributed by atoms with Crippen molar-refractivity contribution in [3.63, 3.8) is 0 Å². The van der Waals surface area contributed by atoms with Crippen LogP contribution in [0, 0.1) is 5.92 Å². The van der Waals surface area contributed by atoms with Gasteiger partial charge in [0.05, 0.1) is 7.11 Å².